The molecule has 1 saturated heterocycles. The van der Waals surface area contributed by atoms with Gasteiger partial charge in [-0.15, -0.1) is 0 Å². The van der Waals surface area contributed by atoms with Crippen molar-refractivity contribution >= 4 is 35.1 Å². The van der Waals surface area contributed by atoms with E-state index in [4.69, 9.17) is 17.3 Å². The second kappa shape index (κ2) is 9.55. The van der Waals surface area contributed by atoms with E-state index in [0.29, 0.717) is 10.7 Å². The summed E-state index contributed by atoms with van der Waals surface area (Å²) in [6.45, 7) is 0.694. The number of amides is 4. The van der Waals surface area contributed by atoms with Gasteiger partial charge in [0, 0.05) is 42.5 Å². The molecule has 3 rings (SSSR count). The summed E-state index contributed by atoms with van der Waals surface area (Å²) < 4.78 is 13.2. The smallest absolute Gasteiger partial charge is 0.323 e. The van der Waals surface area contributed by atoms with E-state index in [1.165, 1.54) is 21.9 Å². The summed E-state index contributed by atoms with van der Waals surface area (Å²) in [5, 5.41) is 5.83. The Balaban J connectivity index is 1.82. The zero-order valence-electron chi connectivity index (χ0n) is 16.0. The molecule has 10 heteroatoms. The summed E-state index contributed by atoms with van der Waals surface area (Å²) in [4.78, 5) is 41.1. The number of hydrogen-bond acceptors (Lipinski definition) is 4. The summed E-state index contributed by atoms with van der Waals surface area (Å²) in [7, 11) is 0. The summed E-state index contributed by atoms with van der Waals surface area (Å²) >= 11 is 5.86. The lowest BCUT2D eigenvalue weighted by molar-refractivity contribution is -0.127. The molecule has 0 saturated carbocycles. The number of nitrogens with zero attached hydrogens (tertiary/aromatic N) is 2. The normalized spacial score (nSPS) is 15.8. The van der Waals surface area contributed by atoms with Crippen molar-refractivity contribution in [1.82, 2.24) is 15.1 Å². The van der Waals surface area contributed by atoms with Crippen LogP contribution in [-0.4, -0.2) is 60.0 Å². The first-order valence-electron chi connectivity index (χ1n) is 9.28. The number of halogens is 2. The SMILES string of the molecule is NCCNC(=O)C1N(C(=O)Nc2ccc(Cl)cc2)CCN1C(=O)c1ccc(F)cc1. The second-order valence-corrected chi connectivity index (χ2v) is 7.03. The van der Waals surface area contributed by atoms with Crippen LogP contribution in [0.4, 0.5) is 14.9 Å². The van der Waals surface area contributed by atoms with Crippen molar-refractivity contribution in [2.24, 2.45) is 5.73 Å². The first kappa shape index (κ1) is 21.5. The average Bonchev–Trinajstić information content (AvgIpc) is 3.19. The molecular weight excluding hydrogens is 413 g/mol. The molecular formula is C20H21ClFN5O3. The molecule has 0 spiro atoms. The van der Waals surface area contributed by atoms with Gasteiger partial charge in [-0.1, -0.05) is 11.6 Å². The standard InChI is InChI=1S/C20H21ClFN5O3/c21-14-3-7-16(8-4-14)25-20(30)27-12-11-26(18(27)17(28)24-10-9-23)19(29)13-1-5-15(22)6-2-13/h1-8,18H,9-12,23H2,(H,24,28)(H,25,30). The van der Waals surface area contributed by atoms with E-state index in [1.54, 1.807) is 24.3 Å². The lowest BCUT2D eigenvalue weighted by Gasteiger charge is -2.29. The Morgan fingerprint density at radius 1 is 1.03 bits per heavy atom. The van der Waals surface area contributed by atoms with E-state index in [0.717, 1.165) is 12.1 Å². The first-order valence-corrected chi connectivity index (χ1v) is 9.66. The van der Waals surface area contributed by atoms with E-state index in [1.807, 2.05) is 0 Å². The highest BCUT2D eigenvalue weighted by molar-refractivity contribution is 6.30. The maximum Gasteiger partial charge on any atom is 0.323 e. The van der Waals surface area contributed by atoms with Crippen LogP contribution in [0.3, 0.4) is 0 Å². The molecule has 1 unspecified atom stereocenters. The van der Waals surface area contributed by atoms with Crippen LogP contribution >= 0.6 is 11.6 Å². The number of benzene rings is 2. The van der Waals surface area contributed by atoms with E-state index in [-0.39, 0.29) is 31.7 Å². The van der Waals surface area contributed by atoms with Gasteiger partial charge in [-0.25, -0.2) is 9.18 Å². The van der Waals surface area contributed by atoms with Gasteiger partial charge < -0.3 is 21.3 Å². The van der Waals surface area contributed by atoms with Crippen molar-refractivity contribution in [3.05, 3.63) is 64.9 Å². The fourth-order valence-corrected chi connectivity index (χ4v) is 3.24. The van der Waals surface area contributed by atoms with Gasteiger partial charge in [0.05, 0.1) is 0 Å². The minimum Gasteiger partial charge on any atom is -0.351 e. The Bertz CT molecular complexity index is 923. The molecule has 158 valence electrons. The number of carbonyl (C=O) groups excluding carboxylic acids is 3. The molecule has 1 atom stereocenters. The maximum absolute atomic E-state index is 13.2. The molecule has 1 aliphatic heterocycles. The van der Waals surface area contributed by atoms with Crippen molar-refractivity contribution < 1.29 is 18.8 Å². The summed E-state index contributed by atoms with van der Waals surface area (Å²) in [6, 6.07) is 11.0. The molecule has 4 N–H and O–H groups in total. The zero-order chi connectivity index (χ0) is 21.7. The molecule has 30 heavy (non-hydrogen) atoms. The van der Waals surface area contributed by atoms with Gasteiger partial charge in [0.1, 0.15) is 5.82 Å². The minimum absolute atomic E-state index is 0.144. The summed E-state index contributed by atoms with van der Waals surface area (Å²) in [5.74, 6) is -1.49. The molecule has 0 radical (unpaired) electrons. The highest BCUT2D eigenvalue weighted by Crippen LogP contribution is 2.21. The van der Waals surface area contributed by atoms with E-state index < -0.39 is 29.8 Å². The molecule has 0 bridgehead atoms. The average molecular weight is 434 g/mol. The highest BCUT2D eigenvalue weighted by Gasteiger charge is 2.42. The minimum atomic E-state index is -1.17. The summed E-state index contributed by atoms with van der Waals surface area (Å²) in [5.41, 5.74) is 6.16. The molecule has 1 fully saturated rings. The number of hydrogen-bond donors (Lipinski definition) is 3. The van der Waals surface area contributed by atoms with Crippen molar-refractivity contribution in [2.45, 2.75) is 6.17 Å². The van der Waals surface area contributed by atoms with Crippen LogP contribution in [0.25, 0.3) is 0 Å². The van der Waals surface area contributed by atoms with Gasteiger partial charge in [0.25, 0.3) is 11.8 Å². The lowest BCUT2D eigenvalue weighted by atomic mass is 10.2. The van der Waals surface area contributed by atoms with Crippen LogP contribution in [0.15, 0.2) is 48.5 Å². The van der Waals surface area contributed by atoms with Crippen molar-refractivity contribution in [3.63, 3.8) is 0 Å². The van der Waals surface area contributed by atoms with Crippen LogP contribution in [0.1, 0.15) is 10.4 Å². The van der Waals surface area contributed by atoms with Crippen LogP contribution in [0.2, 0.25) is 5.02 Å². The zero-order valence-corrected chi connectivity index (χ0v) is 16.7. The number of urea groups is 1. The van der Waals surface area contributed by atoms with Gasteiger partial charge >= 0.3 is 6.03 Å². The monoisotopic (exact) mass is 433 g/mol. The Morgan fingerprint density at radius 2 is 1.67 bits per heavy atom. The molecule has 4 amide bonds. The number of nitrogens with two attached hydrogens (primary N) is 1. The molecule has 0 aliphatic carbocycles. The van der Waals surface area contributed by atoms with Gasteiger partial charge in [-0.2, -0.15) is 0 Å². The Labute approximate surface area is 177 Å². The van der Waals surface area contributed by atoms with Gasteiger partial charge in [0.2, 0.25) is 0 Å². The largest absolute Gasteiger partial charge is 0.351 e. The van der Waals surface area contributed by atoms with Crippen LogP contribution < -0.4 is 16.4 Å². The molecule has 1 heterocycles. The Hall–Kier alpha value is -3.17. The molecule has 0 aromatic heterocycles. The van der Waals surface area contributed by atoms with Crippen molar-refractivity contribution in [1.29, 1.82) is 0 Å². The van der Waals surface area contributed by atoms with Crippen LogP contribution in [-0.2, 0) is 4.79 Å². The number of nitrogens with one attached hydrogen (secondary N) is 2. The van der Waals surface area contributed by atoms with Crippen LogP contribution in [0.5, 0.6) is 0 Å². The quantitative estimate of drug-likeness (QED) is 0.669. The van der Waals surface area contributed by atoms with E-state index in [9.17, 15) is 18.8 Å². The fourth-order valence-electron chi connectivity index (χ4n) is 3.11. The third-order valence-electron chi connectivity index (χ3n) is 4.56. The lowest BCUT2D eigenvalue weighted by Crippen LogP contribution is -2.55. The summed E-state index contributed by atoms with van der Waals surface area (Å²) in [6.07, 6.45) is -1.17. The second-order valence-electron chi connectivity index (χ2n) is 6.59. The van der Waals surface area contributed by atoms with Gasteiger partial charge in [0.15, 0.2) is 6.17 Å². The Morgan fingerprint density at radius 3 is 2.30 bits per heavy atom. The molecule has 2 aromatic rings. The fraction of sp³-hybridized carbons (Fsp3) is 0.250. The number of carbonyl (C=O) groups is 3. The number of anilines is 1. The van der Waals surface area contributed by atoms with Gasteiger partial charge in [-0.3, -0.25) is 14.5 Å². The van der Waals surface area contributed by atoms with E-state index in [2.05, 4.69) is 10.6 Å². The third kappa shape index (κ3) is 4.87. The molecule has 2 aromatic carbocycles. The topological polar surface area (TPSA) is 108 Å². The molecule has 1 aliphatic rings. The van der Waals surface area contributed by atoms with Crippen molar-refractivity contribution in [3.8, 4) is 0 Å². The van der Waals surface area contributed by atoms with Gasteiger partial charge in [-0.05, 0) is 48.5 Å². The van der Waals surface area contributed by atoms with Crippen molar-refractivity contribution in [2.75, 3.05) is 31.5 Å². The predicted octanol–water partition coefficient (Wildman–Crippen LogP) is 1.87. The number of rotatable bonds is 5. The van der Waals surface area contributed by atoms with Crippen LogP contribution in [0, 0.1) is 5.82 Å². The Kier molecular flexibility index (Phi) is 6.86. The van der Waals surface area contributed by atoms with E-state index >= 15 is 0 Å². The third-order valence-corrected chi connectivity index (χ3v) is 4.81. The predicted molar refractivity (Wildman–Crippen MR) is 110 cm³/mol. The maximum atomic E-state index is 13.2. The first-order chi connectivity index (χ1) is 14.4. The molecule has 8 nitrogen and oxygen atoms in total. The highest BCUT2D eigenvalue weighted by atomic mass is 35.5.